The van der Waals surface area contributed by atoms with Gasteiger partial charge in [-0.05, 0) is 6.07 Å². The van der Waals surface area contributed by atoms with E-state index < -0.39 is 0 Å². The van der Waals surface area contributed by atoms with E-state index in [1.54, 1.807) is 6.07 Å². The Hall–Kier alpha value is -1.58. The van der Waals surface area contributed by atoms with Gasteiger partial charge in [0.2, 0.25) is 0 Å². The molecule has 1 heterocycles. The standard InChI is InChI=1S/C11H12O4/c1-7(12)15-6-8-4-10(13)9-2-3-14-11(9)5-8/h2-3,8H,4-6H2,1H3/t8-/m1/s1. The monoisotopic (exact) mass is 208 g/mol. The molecule has 1 aromatic heterocycles. The van der Waals surface area contributed by atoms with Crippen LogP contribution >= 0.6 is 0 Å². The van der Waals surface area contributed by atoms with E-state index in [4.69, 9.17) is 9.15 Å². The summed E-state index contributed by atoms with van der Waals surface area (Å²) in [7, 11) is 0. The maximum atomic E-state index is 11.6. The predicted molar refractivity (Wildman–Crippen MR) is 51.5 cm³/mol. The quantitative estimate of drug-likeness (QED) is 0.692. The molecule has 4 nitrogen and oxygen atoms in total. The maximum Gasteiger partial charge on any atom is 0.302 e. The molecule has 0 N–H and O–H groups in total. The molecule has 0 unspecified atom stereocenters. The van der Waals surface area contributed by atoms with Crippen LogP contribution in [0.1, 0.15) is 29.5 Å². The zero-order valence-corrected chi connectivity index (χ0v) is 8.49. The fraction of sp³-hybridized carbons (Fsp3) is 0.455. The van der Waals surface area contributed by atoms with Crippen molar-refractivity contribution in [2.75, 3.05) is 6.61 Å². The molecular formula is C11H12O4. The molecule has 15 heavy (non-hydrogen) atoms. The zero-order valence-electron chi connectivity index (χ0n) is 8.49. The third kappa shape index (κ3) is 2.09. The van der Waals surface area contributed by atoms with Crippen molar-refractivity contribution in [3.63, 3.8) is 0 Å². The van der Waals surface area contributed by atoms with Crippen LogP contribution in [0.5, 0.6) is 0 Å². The van der Waals surface area contributed by atoms with E-state index in [1.807, 2.05) is 0 Å². The predicted octanol–water partition coefficient (Wildman–Crippen LogP) is 1.59. The lowest BCUT2D eigenvalue weighted by molar-refractivity contribution is -0.142. The first-order valence-electron chi connectivity index (χ1n) is 4.89. The number of furan rings is 1. The Morgan fingerprint density at radius 3 is 3.13 bits per heavy atom. The molecule has 0 bridgehead atoms. The van der Waals surface area contributed by atoms with Crippen molar-refractivity contribution in [3.05, 3.63) is 23.7 Å². The van der Waals surface area contributed by atoms with Gasteiger partial charge in [-0.25, -0.2) is 0 Å². The lowest BCUT2D eigenvalue weighted by Crippen LogP contribution is -2.23. The first kappa shape index (κ1) is 9.96. The highest BCUT2D eigenvalue weighted by Gasteiger charge is 2.27. The normalized spacial score (nSPS) is 19.8. The molecule has 0 saturated carbocycles. The molecule has 2 rings (SSSR count). The van der Waals surface area contributed by atoms with Gasteiger partial charge in [0.05, 0.1) is 18.4 Å². The van der Waals surface area contributed by atoms with Gasteiger partial charge >= 0.3 is 5.97 Å². The van der Waals surface area contributed by atoms with Crippen molar-refractivity contribution >= 4 is 11.8 Å². The smallest absolute Gasteiger partial charge is 0.302 e. The van der Waals surface area contributed by atoms with Crippen LogP contribution in [0.25, 0.3) is 0 Å². The number of rotatable bonds is 2. The summed E-state index contributed by atoms with van der Waals surface area (Å²) >= 11 is 0. The third-order valence-corrected chi connectivity index (χ3v) is 2.52. The highest BCUT2D eigenvalue weighted by atomic mass is 16.5. The van der Waals surface area contributed by atoms with E-state index in [2.05, 4.69) is 0 Å². The van der Waals surface area contributed by atoms with E-state index in [0.717, 1.165) is 0 Å². The summed E-state index contributed by atoms with van der Waals surface area (Å²) in [5, 5.41) is 0. The van der Waals surface area contributed by atoms with E-state index in [9.17, 15) is 9.59 Å². The number of Topliss-reactive ketones (excluding diaryl/α,β-unsaturated/α-hetero) is 1. The number of fused-ring (bicyclic) bond motifs is 1. The van der Waals surface area contributed by atoms with Gasteiger partial charge in [-0.15, -0.1) is 0 Å². The molecule has 1 atom stereocenters. The number of hydrogen-bond donors (Lipinski definition) is 0. The van der Waals surface area contributed by atoms with Crippen molar-refractivity contribution in [2.24, 2.45) is 5.92 Å². The number of carbonyl (C=O) groups excluding carboxylic acids is 2. The summed E-state index contributed by atoms with van der Waals surface area (Å²) in [5.74, 6) is 0.526. The Bertz CT molecular complexity index is 391. The summed E-state index contributed by atoms with van der Waals surface area (Å²) < 4.78 is 10.1. The molecular weight excluding hydrogens is 196 g/mol. The van der Waals surface area contributed by atoms with E-state index in [0.29, 0.717) is 30.8 Å². The summed E-state index contributed by atoms with van der Waals surface area (Å²) in [5.41, 5.74) is 0.675. The molecule has 1 aromatic rings. The van der Waals surface area contributed by atoms with Crippen LogP contribution in [0.2, 0.25) is 0 Å². The molecule has 80 valence electrons. The van der Waals surface area contributed by atoms with Gasteiger partial charge in [0.1, 0.15) is 5.76 Å². The van der Waals surface area contributed by atoms with Gasteiger partial charge in [-0.2, -0.15) is 0 Å². The zero-order chi connectivity index (χ0) is 10.8. The number of carbonyl (C=O) groups is 2. The van der Waals surface area contributed by atoms with Gasteiger partial charge in [0.25, 0.3) is 0 Å². The molecule has 0 saturated heterocycles. The van der Waals surface area contributed by atoms with Crippen LogP contribution in [0.3, 0.4) is 0 Å². The Labute approximate surface area is 87.2 Å². The number of hydrogen-bond acceptors (Lipinski definition) is 4. The first-order chi connectivity index (χ1) is 7.16. The van der Waals surface area contributed by atoms with Crippen molar-refractivity contribution < 1.29 is 18.7 Å². The van der Waals surface area contributed by atoms with Crippen LogP contribution in [0.4, 0.5) is 0 Å². The maximum absolute atomic E-state index is 11.6. The van der Waals surface area contributed by atoms with Crippen molar-refractivity contribution in [1.29, 1.82) is 0 Å². The lowest BCUT2D eigenvalue weighted by atomic mass is 9.88. The van der Waals surface area contributed by atoms with Crippen LogP contribution < -0.4 is 0 Å². The second-order valence-corrected chi connectivity index (χ2v) is 3.76. The largest absolute Gasteiger partial charge is 0.469 e. The van der Waals surface area contributed by atoms with Gasteiger partial charge in [-0.1, -0.05) is 0 Å². The summed E-state index contributed by atoms with van der Waals surface area (Å²) in [6.45, 7) is 1.66. The van der Waals surface area contributed by atoms with Gasteiger partial charge in [0.15, 0.2) is 5.78 Å². The molecule has 0 radical (unpaired) electrons. The molecule has 1 aliphatic carbocycles. The summed E-state index contributed by atoms with van der Waals surface area (Å²) in [4.78, 5) is 22.2. The Morgan fingerprint density at radius 1 is 1.60 bits per heavy atom. The number of esters is 1. The Kier molecular flexibility index (Phi) is 2.58. The second kappa shape index (κ2) is 3.88. The molecule has 0 amide bonds. The van der Waals surface area contributed by atoms with Crippen LogP contribution in [0.15, 0.2) is 16.7 Å². The lowest BCUT2D eigenvalue weighted by Gasteiger charge is -2.19. The molecule has 0 aromatic carbocycles. The highest BCUT2D eigenvalue weighted by molar-refractivity contribution is 5.98. The minimum Gasteiger partial charge on any atom is -0.469 e. The van der Waals surface area contributed by atoms with E-state index >= 15 is 0 Å². The van der Waals surface area contributed by atoms with Crippen molar-refractivity contribution in [3.8, 4) is 0 Å². The second-order valence-electron chi connectivity index (χ2n) is 3.76. The summed E-state index contributed by atoms with van der Waals surface area (Å²) in [6.07, 6.45) is 2.62. The van der Waals surface area contributed by atoms with E-state index in [1.165, 1.54) is 13.2 Å². The SMILES string of the molecule is CC(=O)OC[C@@H]1CC(=O)c2ccoc2C1. The molecule has 1 aliphatic rings. The first-order valence-corrected chi connectivity index (χ1v) is 4.89. The minimum atomic E-state index is -0.312. The van der Waals surface area contributed by atoms with Crippen LogP contribution in [-0.2, 0) is 16.0 Å². The number of ketones is 1. The fourth-order valence-corrected chi connectivity index (χ4v) is 1.81. The molecule has 0 aliphatic heterocycles. The van der Waals surface area contributed by atoms with Crippen molar-refractivity contribution in [1.82, 2.24) is 0 Å². The molecule has 0 spiro atoms. The molecule has 4 heteroatoms. The third-order valence-electron chi connectivity index (χ3n) is 2.52. The Morgan fingerprint density at radius 2 is 2.40 bits per heavy atom. The van der Waals surface area contributed by atoms with Crippen molar-refractivity contribution in [2.45, 2.75) is 19.8 Å². The molecule has 0 fully saturated rings. The Balaban J connectivity index is 2.03. The minimum absolute atomic E-state index is 0.0556. The van der Waals surface area contributed by atoms with Crippen LogP contribution in [-0.4, -0.2) is 18.4 Å². The van der Waals surface area contributed by atoms with Crippen LogP contribution in [0, 0.1) is 5.92 Å². The average Bonchev–Trinajstić information content (AvgIpc) is 2.63. The highest BCUT2D eigenvalue weighted by Crippen LogP contribution is 2.26. The van der Waals surface area contributed by atoms with Gasteiger partial charge < -0.3 is 9.15 Å². The summed E-state index contributed by atoms with van der Waals surface area (Å²) in [6, 6.07) is 1.69. The van der Waals surface area contributed by atoms with Gasteiger partial charge in [0, 0.05) is 25.7 Å². The van der Waals surface area contributed by atoms with Gasteiger partial charge in [-0.3, -0.25) is 9.59 Å². The topological polar surface area (TPSA) is 56.5 Å². The fourth-order valence-electron chi connectivity index (χ4n) is 1.81. The van der Waals surface area contributed by atoms with E-state index in [-0.39, 0.29) is 17.7 Å². The number of ether oxygens (including phenoxy) is 1. The average molecular weight is 208 g/mol.